The first-order chi connectivity index (χ1) is 20.7. The van der Waals surface area contributed by atoms with E-state index in [-0.39, 0.29) is 28.9 Å². The molecular formula is C32H38N4O5S2. The van der Waals surface area contributed by atoms with Gasteiger partial charge in [0.25, 0.3) is 11.5 Å². The van der Waals surface area contributed by atoms with Crippen LogP contribution in [0.3, 0.4) is 0 Å². The Morgan fingerprint density at radius 3 is 2.60 bits per heavy atom. The van der Waals surface area contributed by atoms with Crippen LogP contribution in [-0.4, -0.2) is 59.0 Å². The van der Waals surface area contributed by atoms with Gasteiger partial charge in [-0.3, -0.25) is 23.9 Å². The Morgan fingerprint density at radius 1 is 1.21 bits per heavy atom. The zero-order valence-corrected chi connectivity index (χ0v) is 26.8. The lowest BCUT2D eigenvalue weighted by Gasteiger charge is -2.36. The van der Waals surface area contributed by atoms with Crippen LogP contribution in [0.25, 0.3) is 6.08 Å². The van der Waals surface area contributed by atoms with Crippen LogP contribution >= 0.6 is 24.0 Å². The normalized spacial score (nSPS) is 17.8. The highest BCUT2D eigenvalue weighted by atomic mass is 32.2. The minimum atomic E-state index is -0.356. The zero-order chi connectivity index (χ0) is 31.1. The number of hydrogen-bond acceptors (Lipinski definition) is 9. The van der Waals surface area contributed by atoms with Crippen molar-refractivity contribution >= 4 is 52.1 Å². The third-order valence-corrected chi connectivity index (χ3v) is 9.23. The Bertz CT molecular complexity index is 1510. The van der Waals surface area contributed by atoms with Crippen molar-refractivity contribution in [3.8, 4) is 11.8 Å². The van der Waals surface area contributed by atoms with Crippen LogP contribution in [0.4, 0.5) is 5.82 Å². The molecule has 3 heterocycles. The van der Waals surface area contributed by atoms with Gasteiger partial charge in [-0.25, -0.2) is 0 Å². The first-order valence-corrected chi connectivity index (χ1v) is 15.9. The van der Waals surface area contributed by atoms with Gasteiger partial charge in [0.2, 0.25) is 0 Å². The number of carbonyl (C=O) groups excluding carboxylic acids is 2. The number of thioether (sulfide) groups is 1. The van der Waals surface area contributed by atoms with Crippen molar-refractivity contribution in [2.45, 2.75) is 59.4 Å². The molecule has 1 aromatic carbocycles. The van der Waals surface area contributed by atoms with Crippen molar-refractivity contribution in [2.24, 2.45) is 5.92 Å². The number of benzene rings is 1. The van der Waals surface area contributed by atoms with Gasteiger partial charge in [-0.2, -0.15) is 5.26 Å². The molecule has 9 nitrogen and oxygen atoms in total. The van der Waals surface area contributed by atoms with Crippen molar-refractivity contribution in [2.75, 3.05) is 38.3 Å². The van der Waals surface area contributed by atoms with E-state index in [1.165, 1.54) is 11.8 Å². The number of nitriles is 1. The first kappa shape index (κ1) is 32.3. The van der Waals surface area contributed by atoms with E-state index in [0.29, 0.717) is 71.8 Å². The minimum absolute atomic E-state index is 0.0556. The highest BCUT2D eigenvalue weighted by Gasteiger charge is 2.34. The number of amides is 1. The molecule has 228 valence electrons. The van der Waals surface area contributed by atoms with Gasteiger partial charge in [0, 0.05) is 31.7 Å². The average molecular weight is 623 g/mol. The predicted molar refractivity (Wildman–Crippen MR) is 173 cm³/mol. The van der Waals surface area contributed by atoms with Gasteiger partial charge in [-0.05, 0) is 68.9 Å². The number of ether oxygens (including phenoxy) is 2. The van der Waals surface area contributed by atoms with Crippen molar-refractivity contribution in [3.05, 3.63) is 61.8 Å². The van der Waals surface area contributed by atoms with Crippen LogP contribution in [0.2, 0.25) is 0 Å². The van der Waals surface area contributed by atoms with Crippen molar-refractivity contribution < 1.29 is 19.1 Å². The van der Waals surface area contributed by atoms with Crippen molar-refractivity contribution in [1.82, 2.24) is 9.47 Å². The molecule has 11 heteroatoms. The summed E-state index contributed by atoms with van der Waals surface area (Å²) >= 11 is 6.84. The monoisotopic (exact) mass is 622 g/mol. The summed E-state index contributed by atoms with van der Waals surface area (Å²) in [4.78, 5) is 44.1. The molecule has 0 radical (unpaired) electrons. The molecule has 1 amide bonds. The molecule has 2 aliphatic rings. The molecule has 1 aromatic heterocycles. The Labute approximate surface area is 262 Å². The van der Waals surface area contributed by atoms with Crippen molar-refractivity contribution in [3.63, 3.8) is 0 Å². The molecule has 2 aliphatic heterocycles. The van der Waals surface area contributed by atoms with Gasteiger partial charge < -0.3 is 14.4 Å². The summed E-state index contributed by atoms with van der Waals surface area (Å²) < 4.78 is 12.7. The second kappa shape index (κ2) is 14.7. The quantitative estimate of drug-likeness (QED) is 0.193. The number of rotatable bonds is 11. The maximum Gasteiger partial charge on any atom is 0.310 e. The lowest BCUT2D eigenvalue weighted by Crippen LogP contribution is -2.43. The van der Waals surface area contributed by atoms with E-state index < -0.39 is 0 Å². The third-order valence-electron chi connectivity index (χ3n) is 7.85. The average Bonchev–Trinajstić information content (AvgIpc) is 3.28. The topological polar surface area (TPSA) is 105 Å². The maximum atomic E-state index is 13.7. The van der Waals surface area contributed by atoms with Gasteiger partial charge in [-0.15, -0.1) is 0 Å². The second-order valence-corrected chi connectivity index (χ2v) is 12.3. The molecule has 1 atom stereocenters. The highest BCUT2D eigenvalue weighted by Crippen LogP contribution is 2.37. The number of unbranched alkanes of at least 4 members (excludes halogenated alkanes) is 1. The Balaban J connectivity index is 1.74. The summed E-state index contributed by atoms with van der Waals surface area (Å²) in [6.45, 7) is 7.75. The summed E-state index contributed by atoms with van der Waals surface area (Å²) in [6, 6.07) is 9.81. The number of thiocarbonyl (C=S) groups is 1. The molecule has 4 rings (SSSR count). The third kappa shape index (κ3) is 7.13. The van der Waals surface area contributed by atoms with Crippen LogP contribution in [0.1, 0.15) is 61.8 Å². The largest absolute Gasteiger partial charge is 0.497 e. The van der Waals surface area contributed by atoms with Gasteiger partial charge in [0.05, 0.1) is 24.5 Å². The van der Waals surface area contributed by atoms with Crippen molar-refractivity contribution in [1.29, 1.82) is 5.26 Å². The fourth-order valence-electron chi connectivity index (χ4n) is 5.49. The minimum Gasteiger partial charge on any atom is -0.497 e. The molecule has 0 saturated carbocycles. The van der Waals surface area contributed by atoms with Crippen LogP contribution in [0.5, 0.6) is 5.75 Å². The van der Waals surface area contributed by atoms with E-state index in [4.69, 9.17) is 21.7 Å². The Hall–Kier alpha value is -3.62. The molecule has 0 N–H and O–H groups in total. The van der Waals surface area contributed by atoms with Crippen LogP contribution in [-0.2, 0) is 27.3 Å². The van der Waals surface area contributed by atoms with E-state index in [1.54, 1.807) is 36.5 Å². The van der Waals surface area contributed by atoms with E-state index in [0.717, 1.165) is 30.6 Å². The van der Waals surface area contributed by atoms with Gasteiger partial charge in [0.15, 0.2) is 0 Å². The standard InChI is InChI=1S/C32H38N4O5S2/c1-5-7-16-35-28(34-15-8-9-23(20-34)31(39)41-6-2)25(21(3)26(19-33)29(35)37)18-27-30(38)36(32(42)43-27)17-14-22-10-12-24(40-4)13-11-22/h10-13,18,23H,5-9,14-17,20H2,1-4H3/b27-18-. The second-order valence-electron chi connectivity index (χ2n) is 10.6. The molecular weight excluding hydrogens is 585 g/mol. The van der Waals surface area contributed by atoms with Gasteiger partial charge in [0.1, 0.15) is 27.5 Å². The number of piperidine rings is 1. The highest BCUT2D eigenvalue weighted by molar-refractivity contribution is 8.26. The molecule has 2 fully saturated rings. The fourth-order valence-corrected chi connectivity index (χ4v) is 6.78. The molecule has 1 unspecified atom stereocenters. The number of carbonyl (C=O) groups is 2. The lowest BCUT2D eigenvalue weighted by molar-refractivity contribution is -0.148. The number of hydrogen-bond donors (Lipinski definition) is 0. The number of nitrogens with zero attached hydrogens (tertiary/aromatic N) is 4. The smallest absolute Gasteiger partial charge is 0.310 e. The van der Waals surface area contributed by atoms with E-state index in [9.17, 15) is 19.6 Å². The molecule has 2 aromatic rings. The summed E-state index contributed by atoms with van der Waals surface area (Å²) in [5, 5.41) is 9.99. The number of esters is 1. The molecule has 0 aliphatic carbocycles. The first-order valence-electron chi connectivity index (χ1n) is 14.7. The lowest BCUT2D eigenvalue weighted by atomic mass is 9.96. The molecule has 0 bridgehead atoms. The summed E-state index contributed by atoms with van der Waals surface area (Å²) in [6.07, 6.45) is 5.44. The number of anilines is 1. The summed E-state index contributed by atoms with van der Waals surface area (Å²) in [7, 11) is 1.62. The van der Waals surface area contributed by atoms with E-state index >= 15 is 0 Å². The van der Waals surface area contributed by atoms with Crippen LogP contribution in [0.15, 0.2) is 34.0 Å². The van der Waals surface area contributed by atoms with E-state index in [2.05, 4.69) is 6.07 Å². The number of pyridine rings is 1. The maximum absolute atomic E-state index is 13.7. The molecule has 43 heavy (non-hydrogen) atoms. The molecule has 2 saturated heterocycles. The van der Waals surface area contributed by atoms with E-state index in [1.807, 2.05) is 36.1 Å². The number of aromatic nitrogens is 1. The predicted octanol–water partition coefficient (Wildman–Crippen LogP) is 5.06. The SMILES string of the molecule is CCCCn1c(N2CCCC(C(=O)OCC)C2)c(/C=C2\SC(=S)N(CCc3ccc(OC)cc3)C2=O)c(C)c(C#N)c1=O. The van der Waals surface area contributed by atoms with Crippen LogP contribution in [0, 0.1) is 24.2 Å². The molecule has 0 spiro atoms. The Morgan fingerprint density at radius 2 is 1.95 bits per heavy atom. The zero-order valence-electron chi connectivity index (χ0n) is 25.2. The summed E-state index contributed by atoms with van der Waals surface area (Å²) in [5.74, 6) is 0.611. The summed E-state index contributed by atoms with van der Waals surface area (Å²) in [5.41, 5.74) is 1.90. The van der Waals surface area contributed by atoms with Gasteiger partial charge >= 0.3 is 5.97 Å². The van der Waals surface area contributed by atoms with Crippen LogP contribution < -0.4 is 15.2 Å². The number of methoxy groups -OCH3 is 1. The fraction of sp³-hybridized carbons (Fsp3) is 0.469. The Kier molecular flexibility index (Phi) is 11.0. The van der Waals surface area contributed by atoms with Gasteiger partial charge in [-0.1, -0.05) is 49.5 Å².